The van der Waals surface area contributed by atoms with E-state index >= 15 is 0 Å². The highest BCUT2D eigenvalue weighted by Crippen LogP contribution is 2.39. The summed E-state index contributed by atoms with van der Waals surface area (Å²) in [5.74, 6) is -26.0. The highest BCUT2D eigenvalue weighted by molar-refractivity contribution is 5.68. The highest BCUT2D eigenvalue weighted by atomic mass is 19.2. The molecule has 0 atom stereocenters. The van der Waals surface area contributed by atoms with Gasteiger partial charge in [0.15, 0.2) is 34.9 Å². The van der Waals surface area contributed by atoms with Gasteiger partial charge in [0.1, 0.15) is 0 Å². The van der Waals surface area contributed by atoms with Crippen LogP contribution in [0, 0.1) is 52.4 Å². The molecule has 0 N–H and O–H groups in total. The smallest absolute Gasteiger partial charge is 0.255 e. The molecule has 1 radical (unpaired) electrons. The number of hydrogen-bond acceptors (Lipinski definition) is 0. The Hall–Kier alpha value is -2.39. The SMILES string of the molecule is [O]c1c(F)c(F)c(-c2c(F)c(F)c(F)c(F)c2F)c(F)c1F. The molecule has 2 aromatic carbocycles. The molecule has 2 rings (SSSR count). The van der Waals surface area contributed by atoms with Crippen LogP contribution in [0.15, 0.2) is 0 Å². The molecule has 0 spiro atoms. The fourth-order valence-electron chi connectivity index (χ4n) is 1.66. The Morgan fingerprint density at radius 3 is 0.909 bits per heavy atom. The van der Waals surface area contributed by atoms with Gasteiger partial charge in [0.25, 0.3) is 5.75 Å². The van der Waals surface area contributed by atoms with Crippen molar-refractivity contribution in [3.05, 3.63) is 52.4 Å². The van der Waals surface area contributed by atoms with Crippen LogP contribution in [0.4, 0.5) is 39.5 Å². The van der Waals surface area contributed by atoms with Crippen molar-refractivity contribution < 1.29 is 44.6 Å². The Morgan fingerprint density at radius 2 is 0.591 bits per heavy atom. The molecule has 0 fully saturated rings. The highest BCUT2D eigenvalue weighted by Gasteiger charge is 2.34. The Kier molecular flexibility index (Phi) is 3.71. The Morgan fingerprint density at radius 1 is 0.364 bits per heavy atom. The van der Waals surface area contributed by atoms with Crippen LogP contribution < -0.4 is 0 Å². The first-order chi connectivity index (χ1) is 10.1. The third kappa shape index (κ3) is 1.97. The molecule has 117 valence electrons. The summed E-state index contributed by atoms with van der Waals surface area (Å²) in [5.41, 5.74) is -4.45. The molecule has 1 nitrogen and oxygen atoms in total. The molecule has 0 bridgehead atoms. The molecule has 0 aliphatic heterocycles. The Bertz CT molecular complexity index is 675. The van der Waals surface area contributed by atoms with Crippen LogP contribution in [0.2, 0.25) is 0 Å². The third-order valence-corrected chi connectivity index (χ3v) is 2.68. The van der Waals surface area contributed by atoms with Gasteiger partial charge in [-0.25, -0.2) is 30.7 Å². The maximum Gasteiger partial charge on any atom is 0.255 e. The topological polar surface area (TPSA) is 19.9 Å². The first kappa shape index (κ1) is 16.0. The fraction of sp³-hybridized carbons (Fsp3) is 0. The van der Waals surface area contributed by atoms with Crippen LogP contribution in [-0.2, 0) is 5.11 Å². The first-order valence-electron chi connectivity index (χ1n) is 5.15. The van der Waals surface area contributed by atoms with Gasteiger partial charge in [-0.05, 0) is 0 Å². The summed E-state index contributed by atoms with van der Waals surface area (Å²) in [4.78, 5) is 0. The second-order valence-corrected chi connectivity index (χ2v) is 3.90. The van der Waals surface area contributed by atoms with E-state index in [1.165, 1.54) is 0 Å². The van der Waals surface area contributed by atoms with E-state index < -0.39 is 69.2 Å². The number of hydrogen-bond donors (Lipinski definition) is 0. The van der Waals surface area contributed by atoms with Gasteiger partial charge in [0, 0.05) is 0 Å². The largest absolute Gasteiger partial charge is 0.283 e. The molecule has 0 heterocycles. The molecule has 0 aromatic heterocycles. The minimum atomic E-state index is -2.67. The maximum absolute atomic E-state index is 13.5. The van der Waals surface area contributed by atoms with E-state index in [-0.39, 0.29) is 0 Å². The minimum absolute atomic E-state index is 2.22. The Balaban J connectivity index is 3.03. The molecule has 22 heavy (non-hydrogen) atoms. The summed E-state index contributed by atoms with van der Waals surface area (Å²) < 4.78 is 119. The van der Waals surface area contributed by atoms with E-state index in [9.17, 15) is 44.6 Å². The molecule has 0 aliphatic rings. The van der Waals surface area contributed by atoms with Crippen molar-refractivity contribution in [2.75, 3.05) is 0 Å². The molecule has 0 saturated heterocycles. The van der Waals surface area contributed by atoms with E-state index in [1.54, 1.807) is 0 Å². The standard InChI is InChI=1S/C12F9O/c13-3-1(4(14)8(18)9(19)7(3)17)2-5(15)10(20)12(22)11(21)6(2)16. The summed E-state index contributed by atoms with van der Waals surface area (Å²) in [7, 11) is 0. The van der Waals surface area contributed by atoms with Crippen molar-refractivity contribution in [2.45, 2.75) is 0 Å². The van der Waals surface area contributed by atoms with Crippen LogP contribution in [0.5, 0.6) is 5.75 Å². The normalized spacial score (nSPS) is 11.1. The van der Waals surface area contributed by atoms with Crippen molar-refractivity contribution in [3.63, 3.8) is 0 Å². The van der Waals surface area contributed by atoms with Crippen molar-refractivity contribution in [3.8, 4) is 16.9 Å². The summed E-state index contributed by atoms with van der Waals surface area (Å²) >= 11 is 0. The zero-order valence-corrected chi connectivity index (χ0v) is 9.81. The second kappa shape index (κ2) is 5.11. The predicted molar refractivity (Wildman–Crippen MR) is 51.6 cm³/mol. The zero-order valence-electron chi connectivity index (χ0n) is 9.81. The van der Waals surface area contributed by atoms with Gasteiger partial charge < -0.3 is 0 Å². The number of halogens is 9. The van der Waals surface area contributed by atoms with E-state index in [0.29, 0.717) is 0 Å². The molecule has 0 amide bonds. The number of benzene rings is 2. The van der Waals surface area contributed by atoms with E-state index in [1.807, 2.05) is 0 Å². The van der Waals surface area contributed by atoms with Crippen molar-refractivity contribution in [1.82, 2.24) is 0 Å². The fourth-order valence-corrected chi connectivity index (χ4v) is 1.66. The first-order valence-corrected chi connectivity index (χ1v) is 5.15. The van der Waals surface area contributed by atoms with Crippen LogP contribution in [-0.4, -0.2) is 0 Å². The van der Waals surface area contributed by atoms with Crippen LogP contribution in [0.1, 0.15) is 0 Å². The van der Waals surface area contributed by atoms with E-state index in [4.69, 9.17) is 0 Å². The average Bonchev–Trinajstić information content (AvgIpc) is 2.50. The molecule has 0 unspecified atom stereocenters. The summed E-state index contributed by atoms with van der Waals surface area (Å²) in [6.45, 7) is 0. The molecule has 10 heteroatoms. The van der Waals surface area contributed by atoms with Crippen LogP contribution in [0.25, 0.3) is 11.1 Å². The zero-order chi connectivity index (χ0) is 16.9. The summed E-state index contributed by atoms with van der Waals surface area (Å²) in [6.07, 6.45) is 0. The lowest BCUT2D eigenvalue weighted by Gasteiger charge is -2.11. The molecule has 0 aliphatic carbocycles. The van der Waals surface area contributed by atoms with Gasteiger partial charge in [0.2, 0.25) is 17.5 Å². The van der Waals surface area contributed by atoms with E-state index in [0.717, 1.165) is 0 Å². The average molecular weight is 331 g/mol. The van der Waals surface area contributed by atoms with Gasteiger partial charge in [-0.15, -0.1) is 0 Å². The lowest BCUT2D eigenvalue weighted by Crippen LogP contribution is -2.08. The minimum Gasteiger partial charge on any atom is -0.283 e. The molecular formula is C12F9O. The van der Waals surface area contributed by atoms with Crippen molar-refractivity contribution >= 4 is 0 Å². The summed E-state index contributed by atoms with van der Waals surface area (Å²) in [6, 6.07) is 0. The monoisotopic (exact) mass is 331 g/mol. The quantitative estimate of drug-likeness (QED) is 0.408. The molecular weight excluding hydrogens is 331 g/mol. The van der Waals surface area contributed by atoms with Gasteiger partial charge >= 0.3 is 0 Å². The summed E-state index contributed by atoms with van der Waals surface area (Å²) in [5, 5.41) is 10.7. The Labute approximate surface area is 115 Å². The van der Waals surface area contributed by atoms with Crippen molar-refractivity contribution in [2.24, 2.45) is 0 Å². The number of rotatable bonds is 1. The molecule has 2 aromatic rings. The van der Waals surface area contributed by atoms with Crippen LogP contribution in [0.3, 0.4) is 0 Å². The van der Waals surface area contributed by atoms with Crippen LogP contribution >= 0.6 is 0 Å². The van der Waals surface area contributed by atoms with Gasteiger partial charge in [-0.1, -0.05) is 0 Å². The van der Waals surface area contributed by atoms with E-state index in [2.05, 4.69) is 0 Å². The predicted octanol–water partition coefficient (Wildman–Crippen LogP) is 4.75. The lowest BCUT2D eigenvalue weighted by molar-refractivity contribution is 0.287. The van der Waals surface area contributed by atoms with Gasteiger partial charge in [0.05, 0.1) is 11.1 Å². The van der Waals surface area contributed by atoms with Crippen molar-refractivity contribution in [1.29, 1.82) is 0 Å². The maximum atomic E-state index is 13.5. The lowest BCUT2D eigenvalue weighted by atomic mass is 10.0. The second-order valence-electron chi connectivity index (χ2n) is 3.90. The van der Waals surface area contributed by atoms with Gasteiger partial charge in [-0.3, -0.25) is 5.11 Å². The van der Waals surface area contributed by atoms with Gasteiger partial charge in [-0.2, -0.15) is 8.78 Å². The third-order valence-electron chi connectivity index (χ3n) is 2.68. The molecule has 0 saturated carbocycles.